The van der Waals surface area contributed by atoms with Gasteiger partial charge in [0.15, 0.2) is 5.82 Å². The second kappa shape index (κ2) is 4.63. The summed E-state index contributed by atoms with van der Waals surface area (Å²) in [5, 5.41) is 10.7. The predicted octanol–water partition coefficient (Wildman–Crippen LogP) is 2.84. The van der Waals surface area contributed by atoms with Crippen LogP contribution in [0.25, 0.3) is 22.2 Å². The molecule has 0 saturated carbocycles. The first-order chi connectivity index (χ1) is 10.2. The number of hydrogen-bond acceptors (Lipinski definition) is 3. The van der Waals surface area contributed by atoms with E-state index in [1.807, 2.05) is 34.9 Å². The number of fused-ring (bicyclic) bond motifs is 2. The Balaban J connectivity index is 1.95. The topological polar surface area (TPSA) is 56.7 Å². The summed E-state index contributed by atoms with van der Waals surface area (Å²) in [5.41, 5.74) is 6.94. The van der Waals surface area contributed by atoms with Crippen LogP contribution in [0.4, 0.5) is 4.39 Å². The highest BCUT2D eigenvalue weighted by molar-refractivity contribution is 5.95. The number of rotatable bonds is 1. The lowest BCUT2D eigenvalue weighted by atomic mass is 10.0. The zero-order chi connectivity index (χ0) is 14.4. The molecule has 2 N–H and O–H groups in total. The highest BCUT2D eigenvalue weighted by Crippen LogP contribution is 2.32. The molecule has 2 atom stereocenters. The number of nitrogens with two attached hydrogens (primary N) is 1. The minimum atomic E-state index is -0.947. The number of aromatic nitrogens is 3. The van der Waals surface area contributed by atoms with Crippen molar-refractivity contribution in [1.29, 1.82) is 0 Å². The van der Waals surface area contributed by atoms with Crippen molar-refractivity contribution in [3.63, 3.8) is 0 Å². The molecule has 4 rings (SSSR count). The van der Waals surface area contributed by atoms with Crippen molar-refractivity contribution in [1.82, 2.24) is 14.8 Å². The minimum Gasteiger partial charge on any atom is -0.321 e. The van der Waals surface area contributed by atoms with Crippen LogP contribution >= 0.6 is 0 Å². The van der Waals surface area contributed by atoms with Gasteiger partial charge in [0, 0.05) is 12.0 Å². The lowest BCUT2D eigenvalue weighted by Gasteiger charge is -2.23. The Kier molecular flexibility index (Phi) is 2.75. The summed E-state index contributed by atoms with van der Waals surface area (Å²) in [6.45, 7) is 0.272. The Labute approximate surface area is 121 Å². The van der Waals surface area contributed by atoms with Gasteiger partial charge in [-0.15, -0.1) is 10.2 Å². The van der Waals surface area contributed by atoms with E-state index in [0.29, 0.717) is 18.1 Å². The Morgan fingerprint density at radius 2 is 1.90 bits per heavy atom. The maximum atomic E-state index is 13.8. The standard InChI is InChI=1S/C16H15FN4/c17-11-8-14(18)16-20-19-15(21(16)9-11)13-7-3-5-10-4-1-2-6-12(10)13/h1-7,11,14H,8-9,18H2. The van der Waals surface area contributed by atoms with Gasteiger partial charge in [0.05, 0.1) is 12.6 Å². The van der Waals surface area contributed by atoms with Gasteiger partial charge in [0.25, 0.3) is 0 Å². The van der Waals surface area contributed by atoms with Crippen LogP contribution in [0.3, 0.4) is 0 Å². The molecule has 0 bridgehead atoms. The molecule has 0 aliphatic carbocycles. The largest absolute Gasteiger partial charge is 0.321 e. The number of alkyl halides is 1. The van der Waals surface area contributed by atoms with Crippen LogP contribution in [0.1, 0.15) is 18.3 Å². The third kappa shape index (κ3) is 1.93. The van der Waals surface area contributed by atoms with Crippen LogP contribution in [0, 0.1) is 0 Å². The maximum Gasteiger partial charge on any atom is 0.164 e. The number of nitrogens with zero attached hydrogens (tertiary/aromatic N) is 3. The third-order valence-electron chi connectivity index (χ3n) is 4.03. The molecule has 2 heterocycles. The van der Waals surface area contributed by atoms with Crippen LogP contribution in [0.15, 0.2) is 42.5 Å². The summed E-state index contributed by atoms with van der Waals surface area (Å²) in [6, 6.07) is 13.7. The second-order valence-electron chi connectivity index (χ2n) is 5.46. The monoisotopic (exact) mass is 282 g/mol. The van der Waals surface area contributed by atoms with Gasteiger partial charge in [-0.3, -0.25) is 0 Å². The van der Waals surface area contributed by atoms with Crippen LogP contribution < -0.4 is 5.73 Å². The first-order valence-corrected chi connectivity index (χ1v) is 7.05. The zero-order valence-corrected chi connectivity index (χ0v) is 11.4. The maximum absolute atomic E-state index is 13.8. The zero-order valence-electron chi connectivity index (χ0n) is 11.4. The lowest BCUT2D eigenvalue weighted by Crippen LogP contribution is -2.29. The fourth-order valence-electron chi connectivity index (χ4n) is 3.04. The molecule has 0 saturated heterocycles. The first kappa shape index (κ1) is 12.5. The Hall–Kier alpha value is -2.27. The molecule has 3 aromatic rings. The molecule has 1 aromatic heterocycles. The van der Waals surface area contributed by atoms with E-state index >= 15 is 0 Å². The van der Waals surface area contributed by atoms with E-state index in [2.05, 4.69) is 22.3 Å². The average Bonchev–Trinajstić information content (AvgIpc) is 2.90. The molecule has 21 heavy (non-hydrogen) atoms. The van der Waals surface area contributed by atoms with Crippen molar-refractivity contribution in [2.45, 2.75) is 25.2 Å². The fraction of sp³-hybridized carbons (Fsp3) is 0.250. The van der Waals surface area contributed by atoms with Gasteiger partial charge in [-0.25, -0.2) is 4.39 Å². The van der Waals surface area contributed by atoms with Crippen LogP contribution in [-0.2, 0) is 6.54 Å². The second-order valence-corrected chi connectivity index (χ2v) is 5.46. The van der Waals surface area contributed by atoms with Crippen molar-refractivity contribution in [3.8, 4) is 11.4 Å². The minimum absolute atomic E-state index is 0.272. The van der Waals surface area contributed by atoms with Crippen LogP contribution in [0.2, 0.25) is 0 Å². The van der Waals surface area contributed by atoms with Crippen molar-refractivity contribution >= 4 is 10.8 Å². The van der Waals surface area contributed by atoms with E-state index in [4.69, 9.17) is 5.73 Å². The Morgan fingerprint density at radius 1 is 1.10 bits per heavy atom. The summed E-state index contributed by atoms with van der Waals surface area (Å²) in [5.74, 6) is 1.37. The SMILES string of the molecule is NC1CC(F)Cn2c(-c3cccc4ccccc34)nnc21. The molecule has 106 valence electrons. The molecule has 2 unspecified atom stereocenters. The summed E-state index contributed by atoms with van der Waals surface area (Å²) < 4.78 is 15.7. The van der Waals surface area contributed by atoms with Crippen LogP contribution in [0.5, 0.6) is 0 Å². The van der Waals surface area contributed by atoms with Gasteiger partial charge >= 0.3 is 0 Å². The molecule has 5 heteroatoms. The van der Waals surface area contributed by atoms with E-state index in [1.165, 1.54) is 0 Å². The number of benzene rings is 2. The molecular weight excluding hydrogens is 267 g/mol. The lowest BCUT2D eigenvalue weighted by molar-refractivity contribution is 0.231. The van der Waals surface area contributed by atoms with Crippen molar-refractivity contribution < 1.29 is 4.39 Å². The van der Waals surface area contributed by atoms with Crippen LogP contribution in [-0.4, -0.2) is 20.9 Å². The van der Waals surface area contributed by atoms with Gasteiger partial charge < -0.3 is 10.3 Å². The number of halogens is 1. The van der Waals surface area contributed by atoms with Gasteiger partial charge in [-0.2, -0.15) is 0 Å². The molecule has 0 radical (unpaired) electrons. The molecule has 2 aromatic carbocycles. The van der Waals surface area contributed by atoms with E-state index in [9.17, 15) is 4.39 Å². The summed E-state index contributed by atoms with van der Waals surface area (Å²) in [6.07, 6.45) is -0.634. The van der Waals surface area contributed by atoms with E-state index in [0.717, 1.165) is 16.3 Å². The highest BCUT2D eigenvalue weighted by atomic mass is 19.1. The molecule has 1 aliphatic rings. The summed E-state index contributed by atoms with van der Waals surface area (Å²) >= 11 is 0. The van der Waals surface area contributed by atoms with Crippen molar-refractivity contribution in [2.24, 2.45) is 5.73 Å². The average molecular weight is 282 g/mol. The number of hydrogen-bond donors (Lipinski definition) is 1. The van der Waals surface area contributed by atoms with Crippen molar-refractivity contribution in [2.75, 3.05) is 0 Å². The Bertz CT molecular complexity index is 806. The fourth-order valence-corrected chi connectivity index (χ4v) is 3.04. The molecule has 0 amide bonds. The van der Waals surface area contributed by atoms with Gasteiger partial charge in [0.2, 0.25) is 0 Å². The summed E-state index contributed by atoms with van der Waals surface area (Å²) in [4.78, 5) is 0. The van der Waals surface area contributed by atoms with E-state index in [1.54, 1.807) is 0 Å². The predicted molar refractivity (Wildman–Crippen MR) is 79.4 cm³/mol. The Morgan fingerprint density at radius 3 is 2.81 bits per heavy atom. The first-order valence-electron chi connectivity index (χ1n) is 7.05. The highest BCUT2D eigenvalue weighted by Gasteiger charge is 2.29. The third-order valence-corrected chi connectivity index (χ3v) is 4.03. The molecule has 0 spiro atoms. The van der Waals surface area contributed by atoms with Gasteiger partial charge in [-0.05, 0) is 10.8 Å². The molecule has 0 fully saturated rings. The van der Waals surface area contributed by atoms with E-state index in [-0.39, 0.29) is 12.6 Å². The molecular formula is C16H15FN4. The smallest absolute Gasteiger partial charge is 0.164 e. The molecule has 1 aliphatic heterocycles. The summed E-state index contributed by atoms with van der Waals surface area (Å²) in [7, 11) is 0. The quantitative estimate of drug-likeness (QED) is 0.746. The van der Waals surface area contributed by atoms with Gasteiger partial charge in [-0.1, -0.05) is 42.5 Å². The van der Waals surface area contributed by atoms with Crippen molar-refractivity contribution in [3.05, 3.63) is 48.3 Å². The normalized spacial score (nSPS) is 21.4. The molecule has 4 nitrogen and oxygen atoms in total. The van der Waals surface area contributed by atoms with Gasteiger partial charge in [0.1, 0.15) is 12.0 Å². The van der Waals surface area contributed by atoms with E-state index < -0.39 is 6.17 Å².